The van der Waals surface area contributed by atoms with Gasteiger partial charge in [-0.05, 0) is 92.9 Å². The summed E-state index contributed by atoms with van der Waals surface area (Å²) >= 11 is 0. The Balaban J connectivity index is 1.49. The van der Waals surface area contributed by atoms with E-state index < -0.39 is 11.6 Å². The largest absolute Gasteiger partial charge is 0.493 e. The van der Waals surface area contributed by atoms with Gasteiger partial charge >= 0.3 is 0 Å². The summed E-state index contributed by atoms with van der Waals surface area (Å²) in [6.07, 6.45) is 8.80. The molecule has 0 bridgehead atoms. The van der Waals surface area contributed by atoms with Crippen LogP contribution in [0.4, 0.5) is 13.2 Å². The van der Waals surface area contributed by atoms with Crippen molar-refractivity contribution in [1.82, 2.24) is 0 Å². The highest BCUT2D eigenvalue weighted by Crippen LogP contribution is 2.39. The number of unbranched alkanes of at least 4 members (excludes halogenated alkanes) is 1. The van der Waals surface area contributed by atoms with Crippen molar-refractivity contribution in [3.8, 4) is 5.75 Å². The molecule has 4 heteroatoms. The predicted molar refractivity (Wildman–Crippen MR) is 115 cm³/mol. The van der Waals surface area contributed by atoms with Gasteiger partial charge in [0.1, 0.15) is 11.6 Å². The Bertz CT molecular complexity index is 854. The normalized spacial score (nSPS) is 18.9. The van der Waals surface area contributed by atoms with E-state index in [0.29, 0.717) is 35.8 Å². The van der Waals surface area contributed by atoms with Gasteiger partial charge in [0, 0.05) is 6.07 Å². The van der Waals surface area contributed by atoms with Crippen LogP contribution in [-0.2, 0) is 6.42 Å². The van der Waals surface area contributed by atoms with Crippen molar-refractivity contribution < 1.29 is 17.9 Å². The Hall–Kier alpha value is -2.23. The molecule has 0 radical (unpaired) electrons. The lowest BCUT2D eigenvalue weighted by molar-refractivity contribution is 0.301. The monoisotopic (exact) mass is 416 g/mol. The number of halogens is 3. The third-order valence-electron chi connectivity index (χ3n) is 6.26. The van der Waals surface area contributed by atoms with Gasteiger partial charge in [-0.2, -0.15) is 0 Å². The number of rotatable bonds is 9. The highest BCUT2D eigenvalue weighted by atomic mass is 19.2. The van der Waals surface area contributed by atoms with E-state index in [2.05, 4.69) is 6.58 Å². The maximum Gasteiger partial charge on any atom is 0.162 e. The van der Waals surface area contributed by atoms with E-state index in [4.69, 9.17) is 4.74 Å². The molecular formula is C26H31F3O. The van der Waals surface area contributed by atoms with Gasteiger partial charge < -0.3 is 4.74 Å². The van der Waals surface area contributed by atoms with Gasteiger partial charge in [0.15, 0.2) is 11.6 Å². The summed E-state index contributed by atoms with van der Waals surface area (Å²) in [7, 11) is 0. The Labute approximate surface area is 178 Å². The molecule has 0 spiro atoms. The lowest BCUT2D eigenvalue weighted by Crippen LogP contribution is -2.15. The molecule has 0 aromatic heterocycles. The Morgan fingerprint density at radius 2 is 1.80 bits per heavy atom. The van der Waals surface area contributed by atoms with Crippen LogP contribution in [0.15, 0.2) is 43.0 Å². The van der Waals surface area contributed by atoms with Crippen LogP contribution in [0.2, 0.25) is 0 Å². The Kier molecular flexibility index (Phi) is 8.01. The second-order valence-electron chi connectivity index (χ2n) is 8.39. The molecule has 0 N–H and O–H groups in total. The molecule has 3 rings (SSSR count). The van der Waals surface area contributed by atoms with Crippen LogP contribution >= 0.6 is 0 Å². The van der Waals surface area contributed by atoms with Gasteiger partial charge in [0.25, 0.3) is 0 Å². The molecule has 2 aromatic rings. The minimum atomic E-state index is -0.736. The Morgan fingerprint density at radius 1 is 1.03 bits per heavy atom. The summed E-state index contributed by atoms with van der Waals surface area (Å²) in [5, 5.41) is 0. The van der Waals surface area contributed by atoms with Gasteiger partial charge in [0.2, 0.25) is 0 Å². The molecule has 0 heterocycles. The maximum absolute atomic E-state index is 14.6. The molecule has 0 saturated heterocycles. The van der Waals surface area contributed by atoms with Gasteiger partial charge in [-0.1, -0.05) is 24.3 Å². The molecular weight excluding hydrogens is 385 g/mol. The molecule has 1 aliphatic rings. The molecule has 162 valence electrons. The summed E-state index contributed by atoms with van der Waals surface area (Å²) in [6.45, 7) is 5.81. The second kappa shape index (κ2) is 10.7. The summed E-state index contributed by atoms with van der Waals surface area (Å²) in [5.74, 6) is -0.388. The third kappa shape index (κ3) is 5.68. The van der Waals surface area contributed by atoms with Crippen molar-refractivity contribution >= 4 is 0 Å². The number of ether oxygens (including phenoxy) is 1. The summed E-state index contributed by atoms with van der Waals surface area (Å²) in [4.78, 5) is 0. The van der Waals surface area contributed by atoms with Crippen LogP contribution in [0.25, 0.3) is 0 Å². The molecule has 0 aliphatic heterocycles. The van der Waals surface area contributed by atoms with E-state index in [-0.39, 0.29) is 11.7 Å². The standard InChI is InChI=1S/C26H31F3O/c1-3-4-5-16-30-22-14-15-23(24(27)17-22)20-11-7-19(8-12-20)9-13-21-10-6-18(2)25(28)26(21)29/h3,6,10,14-15,17,19-20H,1,4-5,7-9,11-13,16H2,2H3. The van der Waals surface area contributed by atoms with Crippen molar-refractivity contribution in [1.29, 1.82) is 0 Å². The van der Waals surface area contributed by atoms with Crippen LogP contribution in [0.1, 0.15) is 67.6 Å². The zero-order valence-electron chi connectivity index (χ0n) is 17.7. The highest BCUT2D eigenvalue weighted by Gasteiger charge is 2.25. The summed E-state index contributed by atoms with van der Waals surface area (Å²) in [5.41, 5.74) is 1.56. The number of hydrogen-bond donors (Lipinski definition) is 0. The van der Waals surface area contributed by atoms with Crippen LogP contribution < -0.4 is 4.74 Å². The van der Waals surface area contributed by atoms with Crippen molar-refractivity contribution in [2.75, 3.05) is 6.61 Å². The first-order chi connectivity index (χ1) is 14.5. The van der Waals surface area contributed by atoms with Crippen molar-refractivity contribution in [3.05, 3.63) is 77.1 Å². The zero-order valence-corrected chi connectivity index (χ0v) is 17.7. The molecule has 0 unspecified atom stereocenters. The quantitative estimate of drug-likeness (QED) is 0.301. The average molecular weight is 417 g/mol. The number of aryl methyl sites for hydroxylation is 2. The molecule has 0 atom stereocenters. The first-order valence-corrected chi connectivity index (χ1v) is 11.0. The molecule has 2 aromatic carbocycles. The fraction of sp³-hybridized carbons (Fsp3) is 0.462. The van der Waals surface area contributed by atoms with Crippen LogP contribution in [0.3, 0.4) is 0 Å². The van der Waals surface area contributed by atoms with Crippen LogP contribution in [0.5, 0.6) is 5.75 Å². The van der Waals surface area contributed by atoms with E-state index in [1.165, 1.54) is 6.07 Å². The van der Waals surface area contributed by atoms with E-state index >= 15 is 0 Å². The SMILES string of the molecule is C=CCCCOc1ccc(C2CCC(CCc3ccc(C)c(F)c3F)CC2)c(F)c1. The average Bonchev–Trinajstić information content (AvgIpc) is 2.75. The minimum absolute atomic E-state index is 0.197. The van der Waals surface area contributed by atoms with Gasteiger partial charge in [-0.3, -0.25) is 0 Å². The van der Waals surface area contributed by atoms with Crippen molar-refractivity contribution in [2.45, 2.75) is 64.2 Å². The highest BCUT2D eigenvalue weighted by molar-refractivity contribution is 5.31. The second-order valence-corrected chi connectivity index (χ2v) is 8.39. The van der Waals surface area contributed by atoms with Gasteiger partial charge in [-0.15, -0.1) is 6.58 Å². The summed E-state index contributed by atoms with van der Waals surface area (Å²) < 4.78 is 48.0. The van der Waals surface area contributed by atoms with Gasteiger partial charge in [0.05, 0.1) is 6.61 Å². The number of allylic oxidation sites excluding steroid dienone is 1. The Morgan fingerprint density at radius 3 is 2.50 bits per heavy atom. The smallest absolute Gasteiger partial charge is 0.162 e. The molecule has 1 fully saturated rings. The fourth-order valence-electron chi connectivity index (χ4n) is 4.35. The molecule has 30 heavy (non-hydrogen) atoms. The first kappa shape index (κ1) is 22.5. The molecule has 1 saturated carbocycles. The van der Waals surface area contributed by atoms with Gasteiger partial charge in [-0.25, -0.2) is 13.2 Å². The summed E-state index contributed by atoms with van der Waals surface area (Å²) in [6, 6.07) is 8.53. The fourth-order valence-corrected chi connectivity index (χ4v) is 4.35. The molecule has 1 nitrogen and oxygen atoms in total. The lowest BCUT2D eigenvalue weighted by atomic mass is 9.76. The predicted octanol–water partition coefficient (Wildman–Crippen LogP) is 7.66. The topological polar surface area (TPSA) is 9.23 Å². The zero-order chi connectivity index (χ0) is 21.5. The van der Waals surface area contributed by atoms with Crippen molar-refractivity contribution in [2.24, 2.45) is 5.92 Å². The third-order valence-corrected chi connectivity index (χ3v) is 6.26. The maximum atomic E-state index is 14.6. The van der Waals surface area contributed by atoms with Crippen LogP contribution in [0, 0.1) is 30.3 Å². The number of benzene rings is 2. The minimum Gasteiger partial charge on any atom is -0.493 e. The molecule has 1 aliphatic carbocycles. The van der Waals surface area contributed by atoms with E-state index in [1.54, 1.807) is 19.1 Å². The first-order valence-electron chi connectivity index (χ1n) is 11.0. The number of hydrogen-bond acceptors (Lipinski definition) is 1. The van der Waals surface area contributed by atoms with Crippen LogP contribution in [-0.4, -0.2) is 6.61 Å². The van der Waals surface area contributed by atoms with Crippen molar-refractivity contribution in [3.63, 3.8) is 0 Å². The van der Waals surface area contributed by atoms with E-state index in [9.17, 15) is 13.2 Å². The molecule has 0 amide bonds. The lowest BCUT2D eigenvalue weighted by Gasteiger charge is -2.29. The van der Waals surface area contributed by atoms with E-state index in [1.807, 2.05) is 18.2 Å². The van der Waals surface area contributed by atoms with E-state index in [0.717, 1.165) is 50.5 Å².